The summed E-state index contributed by atoms with van der Waals surface area (Å²) in [5, 5.41) is 0. The van der Waals surface area contributed by atoms with Crippen molar-refractivity contribution in [3.8, 4) is 0 Å². The van der Waals surface area contributed by atoms with Crippen LogP contribution in [0.2, 0.25) is 0 Å². The molecule has 3 aliphatic heterocycles. The van der Waals surface area contributed by atoms with E-state index in [1.54, 1.807) is 0 Å². The zero-order valence-corrected chi connectivity index (χ0v) is 14.0. The molecule has 0 aromatic heterocycles. The van der Waals surface area contributed by atoms with E-state index < -0.39 is 6.69 Å². The van der Waals surface area contributed by atoms with Crippen LogP contribution in [-0.4, -0.2) is 54.8 Å². The van der Waals surface area contributed by atoms with E-state index in [1.807, 2.05) is 0 Å². The Kier molecular flexibility index (Phi) is 2.45. The van der Waals surface area contributed by atoms with E-state index in [4.69, 9.17) is 14.0 Å². The van der Waals surface area contributed by atoms with Gasteiger partial charge in [-0.15, -0.1) is 0 Å². The predicted octanol–water partition coefficient (Wildman–Crippen LogP) is 0.864. The van der Waals surface area contributed by atoms with Crippen molar-refractivity contribution in [1.29, 1.82) is 0 Å². The second-order valence-electron chi connectivity index (χ2n) is 9.02. The molecule has 0 amide bonds. The molecule has 3 saturated carbocycles. The zero-order valence-electron chi connectivity index (χ0n) is 14.0. The van der Waals surface area contributed by atoms with E-state index in [0.29, 0.717) is 34.2 Å². The number of ether oxygens (including phenoxy) is 1. The summed E-state index contributed by atoms with van der Waals surface area (Å²) in [6, 6.07) is 0.0280. The Morgan fingerprint density at radius 1 is 1.13 bits per heavy atom. The number of fused-ring (bicyclic) bond motifs is 4. The number of rotatable bonds is 2. The van der Waals surface area contributed by atoms with Gasteiger partial charge in [-0.05, 0) is 30.1 Å². The van der Waals surface area contributed by atoms with Crippen LogP contribution in [0.4, 0.5) is 0 Å². The average Bonchev–Trinajstić information content (AvgIpc) is 3.21. The Balaban J connectivity index is 1.58. The maximum absolute atomic E-state index is 12.2. The minimum atomic E-state index is -2.02. The van der Waals surface area contributed by atoms with Gasteiger partial charge in [0.2, 0.25) is 0 Å². The second-order valence-corrected chi connectivity index (χ2v) is 9.02. The smallest absolute Gasteiger partial charge is 0.598 e. The third-order valence-electron chi connectivity index (χ3n) is 7.97. The number of epoxide rings is 1. The quantitative estimate of drug-likeness (QED) is 0.558. The molecule has 0 spiro atoms. The SMILES string of the molecule is C[C@@H]1[C@H]2C[C@@H](C[C@H]1[N+]13CC(=O)O[B-]1([C@H]1CO1)OC(=O)C3)C2(C)C. The molecule has 3 aliphatic carbocycles. The Bertz CT molecular complexity index is 596. The predicted molar refractivity (Wildman–Crippen MR) is 80.6 cm³/mol. The van der Waals surface area contributed by atoms with Crippen molar-refractivity contribution < 1.29 is 28.0 Å². The van der Waals surface area contributed by atoms with Gasteiger partial charge < -0.3 is 18.4 Å². The van der Waals surface area contributed by atoms with Crippen LogP contribution in [0.15, 0.2) is 0 Å². The first-order chi connectivity index (χ1) is 10.8. The van der Waals surface area contributed by atoms with Crippen molar-refractivity contribution in [2.45, 2.75) is 45.7 Å². The van der Waals surface area contributed by atoms with Gasteiger partial charge in [-0.2, -0.15) is 0 Å². The molecule has 0 radical (unpaired) electrons. The summed E-state index contributed by atoms with van der Waals surface area (Å²) in [6.07, 6.45) is 2.32. The van der Waals surface area contributed by atoms with E-state index in [0.717, 1.165) is 6.42 Å². The molecule has 23 heavy (non-hydrogen) atoms. The maximum Gasteiger partial charge on any atom is 0.614 e. The summed E-state index contributed by atoms with van der Waals surface area (Å²) in [5.41, 5.74) is 0.370. The monoisotopic (exact) mass is 321 g/mol. The molecule has 0 aromatic rings. The third-order valence-corrected chi connectivity index (χ3v) is 7.97. The number of nitrogens with zero attached hydrogens (tertiary/aromatic N) is 1. The molecule has 6 rings (SSSR count). The number of quaternary nitrogens is 1. The summed E-state index contributed by atoms with van der Waals surface area (Å²) in [5.74, 6) is 1.30. The highest BCUT2D eigenvalue weighted by atomic mass is 16.7. The lowest BCUT2D eigenvalue weighted by Gasteiger charge is -2.66. The van der Waals surface area contributed by atoms with Crippen molar-refractivity contribution in [3.63, 3.8) is 0 Å². The number of carbonyl (C=O) groups excluding carboxylic acids is 2. The molecule has 126 valence electrons. The maximum atomic E-state index is 12.2. The van der Waals surface area contributed by atoms with Crippen LogP contribution in [0.25, 0.3) is 0 Å². The van der Waals surface area contributed by atoms with E-state index in [2.05, 4.69) is 20.8 Å². The van der Waals surface area contributed by atoms with E-state index >= 15 is 0 Å². The van der Waals surface area contributed by atoms with E-state index in [1.165, 1.54) is 6.42 Å². The van der Waals surface area contributed by atoms with Gasteiger partial charge in [0.05, 0.1) is 12.6 Å². The molecular weight excluding hydrogens is 297 g/mol. The molecule has 5 atom stereocenters. The van der Waals surface area contributed by atoms with Crippen LogP contribution >= 0.6 is 0 Å². The van der Waals surface area contributed by atoms with Crippen LogP contribution in [0.3, 0.4) is 0 Å². The van der Waals surface area contributed by atoms with Gasteiger partial charge in [-0.3, -0.25) is 9.59 Å². The normalized spacial score (nSPS) is 55.7. The standard InChI is InChI=1S/C16H24BNO5/c1-9-11-4-10(16(11,2)3)5-12(9)18-6-14(19)22-17(18,13-8-21-13)23-15(20)7-18/h9-13H,4-8H2,1-3H3/t9-,10+,11-,12-,13-,17?,18?/m1/s1. The van der Waals surface area contributed by atoms with Crippen molar-refractivity contribution in [3.05, 3.63) is 0 Å². The summed E-state index contributed by atoms with van der Waals surface area (Å²) in [7, 11) is 0. The van der Waals surface area contributed by atoms with E-state index in [9.17, 15) is 9.59 Å². The fourth-order valence-corrected chi connectivity index (χ4v) is 6.56. The van der Waals surface area contributed by atoms with Gasteiger partial charge >= 0.3 is 18.6 Å². The highest BCUT2D eigenvalue weighted by molar-refractivity contribution is 6.68. The first kappa shape index (κ1) is 14.3. The summed E-state index contributed by atoms with van der Waals surface area (Å²) in [6.45, 7) is 6.05. The fourth-order valence-electron chi connectivity index (χ4n) is 6.56. The van der Waals surface area contributed by atoms with Gasteiger partial charge in [0.1, 0.15) is 19.1 Å². The van der Waals surface area contributed by atoms with Crippen molar-refractivity contribution in [1.82, 2.24) is 0 Å². The largest absolute Gasteiger partial charge is 0.614 e. The van der Waals surface area contributed by atoms with Crippen molar-refractivity contribution in [2.24, 2.45) is 23.2 Å². The second kappa shape index (κ2) is 3.94. The molecule has 0 N–H and O–H groups in total. The highest BCUT2D eigenvalue weighted by Gasteiger charge is 2.78. The fraction of sp³-hybridized carbons (Fsp3) is 0.875. The molecule has 6 nitrogen and oxygen atoms in total. The third kappa shape index (κ3) is 1.49. The molecule has 0 unspecified atom stereocenters. The van der Waals surface area contributed by atoms with Gasteiger partial charge in [0, 0.05) is 5.92 Å². The average molecular weight is 321 g/mol. The lowest BCUT2D eigenvalue weighted by atomic mass is 9.43. The molecule has 2 bridgehead atoms. The summed E-state index contributed by atoms with van der Waals surface area (Å²) in [4.78, 5) is 24.4. The van der Waals surface area contributed by atoms with Crippen LogP contribution < -0.4 is 0 Å². The summed E-state index contributed by atoms with van der Waals surface area (Å²) < 4.78 is 17.3. The molecule has 7 heteroatoms. The van der Waals surface area contributed by atoms with Crippen LogP contribution in [0, 0.1) is 23.2 Å². The van der Waals surface area contributed by atoms with Crippen molar-refractivity contribution >= 4 is 18.6 Å². The summed E-state index contributed by atoms with van der Waals surface area (Å²) >= 11 is 0. The molecule has 3 saturated heterocycles. The van der Waals surface area contributed by atoms with Gasteiger partial charge in [-0.1, -0.05) is 20.8 Å². The Morgan fingerprint density at radius 3 is 2.22 bits per heavy atom. The zero-order chi connectivity index (χ0) is 16.2. The van der Waals surface area contributed by atoms with Gasteiger partial charge in [0.15, 0.2) is 0 Å². The lowest BCUT2D eigenvalue weighted by Crippen LogP contribution is -2.75. The first-order valence-corrected chi connectivity index (χ1v) is 8.86. The number of hydrogen-bond acceptors (Lipinski definition) is 5. The molecule has 0 aromatic carbocycles. The topological polar surface area (TPSA) is 65.1 Å². The van der Waals surface area contributed by atoms with E-state index in [-0.39, 0.29) is 37.1 Å². The molecule has 6 aliphatic rings. The molecule has 6 fully saturated rings. The van der Waals surface area contributed by atoms with Crippen LogP contribution in [-0.2, 0) is 23.6 Å². The van der Waals surface area contributed by atoms with Crippen LogP contribution in [0.1, 0.15) is 33.6 Å². The van der Waals surface area contributed by atoms with Gasteiger partial charge in [-0.25, -0.2) is 0 Å². The number of hydrogen-bond donors (Lipinski definition) is 0. The lowest BCUT2D eigenvalue weighted by molar-refractivity contribution is -0.852. The highest BCUT2D eigenvalue weighted by Crippen LogP contribution is 2.64. The van der Waals surface area contributed by atoms with Gasteiger partial charge in [0.25, 0.3) is 0 Å². The minimum absolute atomic E-state index is 0.230. The first-order valence-electron chi connectivity index (χ1n) is 8.86. The Hall–Kier alpha value is -1.08. The minimum Gasteiger partial charge on any atom is -0.598 e. The van der Waals surface area contributed by atoms with Crippen LogP contribution in [0.5, 0.6) is 0 Å². The Morgan fingerprint density at radius 2 is 1.74 bits per heavy atom. The molecular formula is C16H24BNO5. The number of carbonyl (C=O) groups is 2. The van der Waals surface area contributed by atoms with Crippen molar-refractivity contribution in [2.75, 3.05) is 19.7 Å². The Labute approximate surface area is 136 Å². The molecule has 3 heterocycles.